The lowest BCUT2D eigenvalue weighted by Crippen LogP contribution is -2.42. The van der Waals surface area contributed by atoms with Crippen LogP contribution in [0.1, 0.15) is 0 Å². The number of amides is 1. The summed E-state index contributed by atoms with van der Waals surface area (Å²) in [6.07, 6.45) is 1.30. The molecule has 0 bridgehead atoms. The number of aromatic nitrogens is 1. The van der Waals surface area contributed by atoms with Crippen LogP contribution < -0.4 is 17.0 Å². The van der Waals surface area contributed by atoms with Crippen LogP contribution >= 0.6 is 15.9 Å². The van der Waals surface area contributed by atoms with Crippen LogP contribution in [0.2, 0.25) is 0 Å². The molecule has 0 aliphatic carbocycles. The van der Waals surface area contributed by atoms with Gasteiger partial charge < -0.3 is 16.0 Å². The molecule has 0 fully saturated rings. The van der Waals surface area contributed by atoms with Crippen LogP contribution in [-0.4, -0.2) is 21.4 Å². The van der Waals surface area contributed by atoms with E-state index in [0.29, 0.717) is 4.47 Å². The van der Waals surface area contributed by atoms with Crippen LogP contribution in [0.4, 0.5) is 5.69 Å². The zero-order valence-electron chi connectivity index (χ0n) is 8.50. The molecule has 0 radical (unpaired) electrons. The molecule has 92 valence electrons. The Morgan fingerprint density at radius 1 is 1.65 bits per heavy atom. The number of nitrogens with two attached hydrogens (primary N) is 2. The van der Waals surface area contributed by atoms with Crippen LogP contribution in [0.25, 0.3) is 0 Å². The van der Waals surface area contributed by atoms with Crippen molar-refractivity contribution in [3.63, 3.8) is 0 Å². The topological polar surface area (TPSA) is 134 Å². The van der Waals surface area contributed by atoms with E-state index >= 15 is 0 Å². The van der Waals surface area contributed by atoms with Gasteiger partial charge in [-0.2, -0.15) is 0 Å². The molecule has 17 heavy (non-hydrogen) atoms. The third-order valence-electron chi connectivity index (χ3n) is 1.99. The molecule has 1 aromatic rings. The van der Waals surface area contributed by atoms with Crippen molar-refractivity contribution in [1.82, 2.24) is 4.57 Å². The Kier molecular flexibility index (Phi) is 3.97. The third kappa shape index (κ3) is 3.11. The highest BCUT2D eigenvalue weighted by Crippen LogP contribution is 2.13. The summed E-state index contributed by atoms with van der Waals surface area (Å²) < 4.78 is 1.30. The number of nitro groups is 1. The highest BCUT2D eigenvalue weighted by atomic mass is 79.9. The molecule has 1 atom stereocenters. The lowest BCUT2D eigenvalue weighted by molar-refractivity contribution is -0.386. The summed E-state index contributed by atoms with van der Waals surface area (Å²) in [6.45, 7) is -0.214. The minimum Gasteiger partial charge on any atom is -0.368 e. The van der Waals surface area contributed by atoms with Crippen molar-refractivity contribution in [3.8, 4) is 0 Å². The first-order chi connectivity index (χ1) is 7.82. The molecule has 1 heterocycles. The van der Waals surface area contributed by atoms with E-state index in [9.17, 15) is 19.7 Å². The van der Waals surface area contributed by atoms with E-state index in [1.165, 1.54) is 6.20 Å². The van der Waals surface area contributed by atoms with Crippen LogP contribution in [-0.2, 0) is 11.3 Å². The fraction of sp³-hybridized carbons (Fsp3) is 0.250. The van der Waals surface area contributed by atoms with Crippen LogP contribution in [0.5, 0.6) is 0 Å². The van der Waals surface area contributed by atoms with E-state index < -0.39 is 28.1 Å². The smallest absolute Gasteiger partial charge is 0.335 e. The van der Waals surface area contributed by atoms with E-state index in [4.69, 9.17) is 11.5 Å². The molecule has 9 heteroatoms. The molecule has 0 aliphatic heterocycles. The summed E-state index contributed by atoms with van der Waals surface area (Å²) in [6, 6.07) is -0.00385. The van der Waals surface area contributed by atoms with Gasteiger partial charge in [0.1, 0.15) is 6.04 Å². The molecule has 0 saturated heterocycles. The van der Waals surface area contributed by atoms with Crippen molar-refractivity contribution in [2.24, 2.45) is 11.5 Å². The summed E-state index contributed by atoms with van der Waals surface area (Å²) in [5.74, 6) is -0.792. The Bertz CT molecular complexity index is 527. The molecule has 0 aliphatic rings. The second-order valence-corrected chi connectivity index (χ2v) is 4.18. The van der Waals surface area contributed by atoms with E-state index in [-0.39, 0.29) is 6.54 Å². The van der Waals surface area contributed by atoms with Crippen LogP contribution in [0.3, 0.4) is 0 Å². The fourth-order valence-corrected chi connectivity index (χ4v) is 1.62. The first-order valence-electron chi connectivity index (χ1n) is 4.42. The summed E-state index contributed by atoms with van der Waals surface area (Å²) in [5, 5.41) is 10.6. The SMILES string of the molecule is NC(=O)C(N)Cn1cc(Br)cc([N+](=O)[O-])c1=O. The van der Waals surface area contributed by atoms with Crippen molar-refractivity contribution < 1.29 is 9.72 Å². The largest absolute Gasteiger partial charge is 0.368 e. The summed E-state index contributed by atoms with van der Waals surface area (Å²) in [7, 11) is 0. The minimum atomic E-state index is -1.08. The standard InChI is InChI=1S/C8H9BrN4O4/c9-4-1-6(13(16)17)8(15)12(2-4)3-5(10)7(11)14/h1-2,5H,3,10H2,(H2,11,14). The molecule has 1 rings (SSSR count). The van der Waals surface area contributed by atoms with Gasteiger partial charge >= 0.3 is 11.2 Å². The van der Waals surface area contributed by atoms with Gasteiger partial charge in [0.25, 0.3) is 0 Å². The van der Waals surface area contributed by atoms with Crippen molar-refractivity contribution >= 4 is 27.5 Å². The molecular formula is C8H9BrN4O4. The summed E-state index contributed by atoms with van der Waals surface area (Å²) in [4.78, 5) is 32.2. The van der Waals surface area contributed by atoms with E-state index in [2.05, 4.69) is 15.9 Å². The average molecular weight is 305 g/mol. The highest BCUT2D eigenvalue weighted by Gasteiger charge is 2.18. The lowest BCUT2D eigenvalue weighted by Gasteiger charge is -2.10. The Balaban J connectivity index is 3.21. The predicted molar refractivity (Wildman–Crippen MR) is 62.2 cm³/mol. The van der Waals surface area contributed by atoms with Crippen molar-refractivity contribution in [2.75, 3.05) is 0 Å². The summed E-state index contributed by atoms with van der Waals surface area (Å²) >= 11 is 3.02. The predicted octanol–water partition coefficient (Wildman–Crippen LogP) is -0.668. The van der Waals surface area contributed by atoms with Gasteiger partial charge in [0.2, 0.25) is 5.91 Å². The molecule has 1 unspecified atom stereocenters. The van der Waals surface area contributed by atoms with Gasteiger partial charge in [-0.3, -0.25) is 19.7 Å². The molecule has 1 aromatic heterocycles. The lowest BCUT2D eigenvalue weighted by atomic mass is 10.3. The van der Waals surface area contributed by atoms with E-state index in [1.807, 2.05) is 0 Å². The number of pyridine rings is 1. The van der Waals surface area contributed by atoms with Crippen LogP contribution in [0.15, 0.2) is 21.5 Å². The molecule has 8 nitrogen and oxygen atoms in total. The van der Waals surface area contributed by atoms with E-state index in [0.717, 1.165) is 10.6 Å². The Labute approximate surface area is 103 Å². The molecule has 1 amide bonds. The maximum Gasteiger partial charge on any atom is 0.335 e. The Morgan fingerprint density at radius 3 is 2.71 bits per heavy atom. The van der Waals surface area contributed by atoms with Crippen molar-refractivity contribution in [1.29, 1.82) is 0 Å². The number of halogens is 1. The minimum absolute atomic E-state index is 0.214. The monoisotopic (exact) mass is 304 g/mol. The van der Waals surface area contributed by atoms with Gasteiger partial charge in [0, 0.05) is 16.7 Å². The Morgan fingerprint density at radius 2 is 2.24 bits per heavy atom. The number of carbonyl (C=O) groups excluding carboxylic acids is 1. The number of hydrogen-bond acceptors (Lipinski definition) is 5. The molecule has 0 spiro atoms. The van der Waals surface area contributed by atoms with Gasteiger partial charge in [-0.25, -0.2) is 0 Å². The molecule has 0 aromatic carbocycles. The number of primary amides is 1. The average Bonchev–Trinajstić information content (AvgIpc) is 2.22. The van der Waals surface area contributed by atoms with Gasteiger partial charge in [-0.05, 0) is 15.9 Å². The number of carbonyl (C=O) groups is 1. The third-order valence-corrected chi connectivity index (χ3v) is 2.42. The van der Waals surface area contributed by atoms with Gasteiger partial charge in [-0.15, -0.1) is 0 Å². The fourth-order valence-electron chi connectivity index (χ4n) is 1.15. The maximum atomic E-state index is 11.6. The van der Waals surface area contributed by atoms with Crippen LogP contribution in [0, 0.1) is 10.1 Å². The summed E-state index contributed by atoms with van der Waals surface area (Å²) in [5.41, 5.74) is 8.88. The zero-order chi connectivity index (χ0) is 13.2. The molecule has 4 N–H and O–H groups in total. The first-order valence-corrected chi connectivity index (χ1v) is 5.21. The second-order valence-electron chi connectivity index (χ2n) is 3.27. The molecule has 0 saturated carbocycles. The molecular weight excluding hydrogens is 296 g/mol. The zero-order valence-corrected chi connectivity index (χ0v) is 10.1. The Hall–Kier alpha value is -1.74. The van der Waals surface area contributed by atoms with Gasteiger partial charge in [0.05, 0.1) is 11.5 Å². The maximum absolute atomic E-state index is 11.6. The quantitative estimate of drug-likeness (QED) is 0.562. The highest BCUT2D eigenvalue weighted by molar-refractivity contribution is 9.10. The number of nitrogens with zero attached hydrogens (tertiary/aromatic N) is 2. The number of rotatable bonds is 4. The van der Waals surface area contributed by atoms with Gasteiger partial charge in [-0.1, -0.05) is 0 Å². The van der Waals surface area contributed by atoms with Gasteiger partial charge in [0.15, 0.2) is 0 Å². The first kappa shape index (κ1) is 13.3. The normalized spacial score (nSPS) is 12.1. The van der Waals surface area contributed by atoms with Crippen molar-refractivity contribution in [2.45, 2.75) is 12.6 Å². The van der Waals surface area contributed by atoms with E-state index in [1.54, 1.807) is 0 Å². The number of hydrogen-bond donors (Lipinski definition) is 2. The second kappa shape index (κ2) is 5.06. The van der Waals surface area contributed by atoms with Crippen molar-refractivity contribution in [3.05, 3.63) is 37.2 Å².